The van der Waals surface area contributed by atoms with Crippen LogP contribution in [0.5, 0.6) is 0 Å². The first-order chi connectivity index (χ1) is 11.8. The number of aromatic nitrogens is 1. The van der Waals surface area contributed by atoms with E-state index in [0.717, 1.165) is 28.4 Å². The second-order valence-electron chi connectivity index (χ2n) is 7.56. The van der Waals surface area contributed by atoms with E-state index >= 15 is 0 Å². The number of rotatable bonds is 3. The van der Waals surface area contributed by atoms with Gasteiger partial charge in [-0.1, -0.05) is 26.8 Å². The highest BCUT2D eigenvalue weighted by atomic mass is 32.1. The monoisotopic (exact) mass is 361 g/mol. The van der Waals surface area contributed by atoms with Crippen LogP contribution in [0.25, 0.3) is 0 Å². The Balaban J connectivity index is 1.87. The molecule has 1 aliphatic rings. The first kappa shape index (κ1) is 18.0. The van der Waals surface area contributed by atoms with Gasteiger partial charge >= 0.3 is 0 Å². The van der Waals surface area contributed by atoms with Gasteiger partial charge in [0.05, 0.1) is 10.7 Å². The second-order valence-corrected chi connectivity index (χ2v) is 8.42. The summed E-state index contributed by atoms with van der Waals surface area (Å²) in [4.78, 5) is 19.4. The Morgan fingerprint density at radius 2 is 2.16 bits per heavy atom. The number of nitrogens with zero attached hydrogens (tertiary/aromatic N) is 2. The van der Waals surface area contributed by atoms with Crippen molar-refractivity contribution in [3.05, 3.63) is 51.2 Å². The van der Waals surface area contributed by atoms with Gasteiger partial charge in [0.25, 0.3) is 0 Å². The summed E-state index contributed by atoms with van der Waals surface area (Å²) in [6, 6.07) is 4.21. The average molecular weight is 361 g/mol. The minimum Gasteiger partial charge on any atom is -0.353 e. The maximum atomic E-state index is 13.4. The molecule has 3 rings (SSSR count). The summed E-state index contributed by atoms with van der Waals surface area (Å²) < 4.78 is 13.4. The minimum absolute atomic E-state index is 0.0230. The lowest BCUT2D eigenvalue weighted by Gasteiger charge is -2.35. The number of nitrogens with one attached hydrogen (secondary N) is 1. The van der Waals surface area contributed by atoms with Crippen molar-refractivity contribution in [2.75, 3.05) is 13.1 Å². The maximum Gasteiger partial charge on any atom is 0.242 e. The predicted octanol–water partition coefficient (Wildman–Crippen LogP) is 3.56. The van der Waals surface area contributed by atoms with E-state index in [1.807, 2.05) is 6.92 Å². The summed E-state index contributed by atoms with van der Waals surface area (Å²) >= 11 is 1.66. The molecule has 1 aromatic heterocycles. The van der Waals surface area contributed by atoms with E-state index in [4.69, 9.17) is 4.98 Å². The number of carbonyl (C=O) groups excluding carboxylic acids is 1. The second kappa shape index (κ2) is 6.84. The van der Waals surface area contributed by atoms with Crippen LogP contribution in [-0.4, -0.2) is 28.9 Å². The predicted molar refractivity (Wildman–Crippen MR) is 98.1 cm³/mol. The SMILES string of the molecule is Cc1cc(F)ccc1[C@H]1C(=O)NCCN1Cc1csc(C(C)(C)C)n1. The molecular weight excluding hydrogens is 337 g/mol. The van der Waals surface area contributed by atoms with Gasteiger partial charge in [0.2, 0.25) is 5.91 Å². The highest BCUT2D eigenvalue weighted by Crippen LogP contribution is 2.30. The van der Waals surface area contributed by atoms with Crippen LogP contribution < -0.4 is 5.32 Å². The lowest BCUT2D eigenvalue weighted by Crippen LogP contribution is -2.49. The van der Waals surface area contributed by atoms with Crippen molar-refractivity contribution in [3.63, 3.8) is 0 Å². The number of carbonyl (C=O) groups is 1. The van der Waals surface area contributed by atoms with E-state index in [-0.39, 0.29) is 17.1 Å². The highest BCUT2D eigenvalue weighted by Gasteiger charge is 2.32. The quantitative estimate of drug-likeness (QED) is 0.909. The summed E-state index contributed by atoms with van der Waals surface area (Å²) in [5, 5.41) is 6.09. The molecule has 0 spiro atoms. The zero-order valence-corrected chi connectivity index (χ0v) is 15.9. The fraction of sp³-hybridized carbons (Fsp3) is 0.474. The fourth-order valence-corrected chi connectivity index (χ4v) is 4.00. The van der Waals surface area contributed by atoms with Crippen LogP contribution in [-0.2, 0) is 16.8 Å². The van der Waals surface area contributed by atoms with Gasteiger partial charge in [0, 0.05) is 30.4 Å². The van der Waals surface area contributed by atoms with Crippen molar-refractivity contribution in [3.8, 4) is 0 Å². The van der Waals surface area contributed by atoms with E-state index < -0.39 is 6.04 Å². The third-order valence-electron chi connectivity index (χ3n) is 4.40. The number of amides is 1. The van der Waals surface area contributed by atoms with Crippen LogP contribution in [0.2, 0.25) is 0 Å². The Morgan fingerprint density at radius 1 is 1.40 bits per heavy atom. The van der Waals surface area contributed by atoms with Crippen molar-refractivity contribution < 1.29 is 9.18 Å². The molecular formula is C19H24FN3OS. The summed E-state index contributed by atoms with van der Waals surface area (Å²) in [5.74, 6) is -0.314. The van der Waals surface area contributed by atoms with Crippen LogP contribution in [0, 0.1) is 12.7 Å². The van der Waals surface area contributed by atoms with E-state index in [0.29, 0.717) is 13.1 Å². The normalized spacial score (nSPS) is 19.1. The largest absolute Gasteiger partial charge is 0.353 e. The van der Waals surface area contributed by atoms with Crippen LogP contribution >= 0.6 is 11.3 Å². The van der Waals surface area contributed by atoms with Gasteiger partial charge in [0.1, 0.15) is 11.9 Å². The third kappa shape index (κ3) is 3.90. The molecule has 4 nitrogen and oxygen atoms in total. The van der Waals surface area contributed by atoms with Crippen LogP contribution in [0.3, 0.4) is 0 Å². The van der Waals surface area contributed by atoms with Crippen LogP contribution in [0.15, 0.2) is 23.6 Å². The summed E-state index contributed by atoms with van der Waals surface area (Å²) in [7, 11) is 0. The number of halogens is 1. The third-order valence-corrected chi connectivity index (χ3v) is 5.71. The summed E-state index contributed by atoms with van der Waals surface area (Å²) in [6.07, 6.45) is 0. The molecule has 1 fully saturated rings. The minimum atomic E-state index is -0.408. The average Bonchev–Trinajstić information content (AvgIpc) is 2.98. The first-order valence-electron chi connectivity index (χ1n) is 8.48. The summed E-state index contributed by atoms with van der Waals surface area (Å²) in [5.41, 5.74) is 2.65. The number of benzene rings is 1. The molecule has 1 aliphatic heterocycles. The molecule has 1 amide bonds. The van der Waals surface area contributed by atoms with Crippen molar-refractivity contribution >= 4 is 17.2 Å². The fourth-order valence-electron chi connectivity index (χ4n) is 3.10. The molecule has 0 radical (unpaired) electrons. The van der Waals surface area contributed by atoms with Gasteiger partial charge < -0.3 is 5.32 Å². The van der Waals surface area contributed by atoms with Gasteiger partial charge in [-0.3, -0.25) is 9.69 Å². The van der Waals surface area contributed by atoms with E-state index in [2.05, 4.69) is 36.4 Å². The van der Waals surface area contributed by atoms with Crippen LogP contribution in [0.1, 0.15) is 48.6 Å². The van der Waals surface area contributed by atoms with Gasteiger partial charge in [-0.15, -0.1) is 11.3 Å². The molecule has 0 bridgehead atoms. The highest BCUT2D eigenvalue weighted by molar-refractivity contribution is 7.09. The molecule has 1 saturated heterocycles. The Kier molecular flexibility index (Phi) is 4.93. The van der Waals surface area contributed by atoms with Gasteiger partial charge in [0.15, 0.2) is 0 Å². The number of piperazine rings is 1. The van der Waals surface area contributed by atoms with Gasteiger partial charge in [-0.2, -0.15) is 0 Å². The molecule has 0 saturated carbocycles. The lowest BCUT2D eigenvalue weighted by molar-refractivity contribution is -0.129. The Hall–Kier alpha value is -1.79. The molecule has 0 unspecified atom stereocenters. The molecule has 134 valence electrons. The summed E-state index contributed by atoms with van der Waals surface area (Å²) in [6.45, 7) is 10.3. The molecule has 2 heterocycles. The van der Waals surface area contributed by atoms with E-state index in [1.54, 1.807) is 17.4 Å². The van der Waals surface area contributed by atoms with Crippen molar-refractivity contribution in [1.29, 1.82) is 0 Å². The van der Waals surface area contributed by atoms with Crippen molar-refractivity contribution in [2.24, 2.45) is 0 Å². The van der Waals surface area contributed by atoms with Gasteiger partial charge in [-0.25, -0.2) is 9.37 Å². The number of hydrogen-bond donors (Lipinski definition) is 1. The smallest absolute Gasteiger partial charge is 0.242 e. The first-order valence-corrected chi connectivity index (χ1v) is 9.36. The molecule has 2 aromatic rings. The van der Waals surface area contributed by atoms with E-state index in [1.165, 1.54) is 12.1 Å². The maximum absolute atomic E-state index is 13.4. The molecule has 1 N–H and O–H groups in total. The van der Waals surface area contributed by atoms with Gasteiger partial charge in [-0.05, 0) is 30.2 Å². The number of thiazole rings is 1. The zero-order valence-electron chi connectivity index (χ0n) is 15.1. The Morgan fingerprint density at radius 3 is 2.80 bits per heavy atom. The van der Waals surface area contributed by atoms with E-state index in [9.17, 15) is 9.18 Å². The van der Waals surface area contributed by atoms with Crippen LogP contribution in [0.4, 0.5) is 4.39 Å². The standard InChI is InChI=1S/C19H24FN3OS/c1-12-9-13(20)5-6-15(12)16-17(24)21-7-8-23(16)10-14-11-25-18(22-14)19(2,3)4/h5-6,9,11,16H,7-8,10H2,1-4H3,(H,21,24)/t16-/m0/s1. The molecule has 25 heavy (non-hydrogen) atoms. The molecule has 6 heteroatoms. The Labute approximate surface area is 152 Å². The Bertz CT molecular complexity index is 781. The molecule has 1 atom stereocenters. The molecule has 0 aliphatic carbocycles. The number of hydrogen-bond acceptors (Lipinski definition) is 4. The topological polar surface area (TPSA) is 45.2 Å². The number of aryl methyl sites for hydroxylation is 1. The molecule has 1 aromatic carbocycles. The zero-order chi connectivity index (χ0) is 18.2. The van der Waals surface area contributed by atoms with Crippen molar-refractivity contribution in [2.45, 2.75) is 45.7 Å². The van der Waals surface area contributed by atoms with Crippen molar-refractivity contribution in [1.82, 2.24) is 15.2 Å². The lowest BCUT2D eigenvalue weighted by atomic mass is 9.97.